The van der Waals surface area contributed by atoms with Crippen molar-refractivity contribution in [1.82, 2.24) is 0 Å². The number of benzene rings is 2. The Morgan fingerprint density at radius 1 is 1.05 bits per heavy atom. The molecule has 0 radical (unpaired) electrons. The number of aryl methyl sites for hydroxylation is 2. The molecule has 0 saturated heterocycles. The third kappa shape index (κ3) is 3.69. The predicted octanol–water partition coefficient (Wildman–Crippen LogP) is 4.44. The molecule has 21 heavy (non-hydrogen) atoms. The highest BCUT2D eigenvalue weighted by molar-refractivity contribution is 9.10. The molecule has 2 rings (SSSR count). The Morgan fingerprint density at radius 2 is 1.67 bits per heavy atom. The van der Waals surface area contributed by atoms with Crippen LogP contribution in [0.3, 0.4) is 0 Å². The van der Waals surface area contributed by atoms with Gasteiger partial charge < -0.3 is 0 Å². The molecule has 2 atom stereocenters. The van der Waals surface area contributed by atoms with Gasteiger partial charge in [0.2, 0.25) is 0 Å². The maximum absolute atomic E-state index is 12.6. The van der Waals surface area contributed by atoms with E-state index in [2.05, 4.69) is 15.9 Å². The number of Topliss-reactive ketones (excluding diaryl/α,β-unsaturated/α-hetero) is 1. The van der Waals surface area contributed by atoms with Crippen molar-refractivity contribution in [3.8, 4) is 0 Å². The van der Waals surface area contributed by atoms with Crippen molar-refractivity contribution in [3.05, 3.63) is 63.6 Å². The molecule has 0 fully saturated rings. The predicted molar refractivity (Wildman–Crippen MR) is 90.3 cm³/mol. The first kappa shape index (κ1) is 16.1. The van der Waals surface area contributed by atoms with Crippen LogP contribution in [0, 0.1) is 13.8 Å². The Hall–Kier alpha value is -1.26. The van der Waals surface area contributed by atoms with E-state index in [0.29, 0.717) is 10.5 Å². The summed E-state index contributed by atoms with van der Waals surface area (Å²) in [6.45, 7) is 5.71. The van der Waals surface area contributed by atoms with Gasteiger partial charge in [-0.3, -0.25) is 9.00 Å². The van der Waals surface area contributed by atoms with Crippen molar-refractivity contribution in [2.24, 2.45) is 0 Å². The van der Waals surface area contributed by atoms with Gasteiger partial charge >= 0.3 is 0 Å². The maximum atomic E-state index is 12.6. The van der Waals surface area contributed by atoms with Crippen LogP contribution in [0.25, 0.3) is 0 Å². The maximum Gasteiger partial charge on any atom is 0.178 e. The quantitative estimate of drug-likeness (QED) is 0.751. The molecule has 0 heterocycles. The zero-order chi connectivity index (χ0) is 15.6. The van der Waals surface area contributed by atoms with Crippen LogP contribution in [-0.4, -0.2) is 15.2 Å². The number of rotatable bonds is 4. The second-order valence-corrected chi connectivity index (χ2v) is 7.75. The Kier molecular flexibility index (Phi) is 5.12. The molecule has 0 aliphatic heterocycles. The third-order valence-corrected chi connectivity index (χ3v) is 5.63. The Morgan fingerprint density at radius 3 is 2.24 bits per heavy atom. The lowest BCUT2D eigenvalue weighted by Crippen LogP contribution is -2.22. The third-order valence-electron chi connectivity index (χ3n) is 3.53. The molecule has 0 amide bonds. The van der Waals surface area contributed by atoms with E-state index in [1.54, 1.807) is 19.1 Å². The Labute approximate surface area is 136 Å². The van der Waals surface area contributed by atoms with E-state index in [1.807, 2.05) is 44.2 Å². The average molecular weight is 365 g/mol. The highest BCUT2D eigenvalue weighted by atomic mass is 79.9. The van der Waals surface area contributed by atoms with Crippen LogP contribution < -0.4 is 0 Å². The van der Waals surface area contributed by atoms with Crippen LogP contribution in [0.15, 0.2) is 51.8 Å². The summed E-state index contributed by atoms with van der Waals surface area (Å²) in [5, 5.41) is -0.562. The summed E-state index contributed by atoms with van der Waals surface area (Å²) >= 11 is 3.34. The topological polar surface area (TPSA) is 34.1 Å². The van der Waals surface area contributed by atoms with Gasteiger partial charge in [-0.1, -0.05) is 34.1 Å². The molecule has 0 saturated carbocycles. The van der Waals surface area contributed by atoms with E-state index in [-0.39, 0.29) is 5.78 Å². The van der Waals surface area contributed by atoms with E-state index in [0.717, 1.165) is 15.6 Å². The fraction of sp³-hybridized carbons (Fsp3) is 0.235. The van der Waals surface area contributed by atoms with Gasteiger partial charge in [-0.15, -0.1) is 0 Å². The molecular weight excluding hydrogens is 348 g/mol. The highest BCUT2D eigenvalue weighted by Crippen LogP contribution is 2.19. The molecule has 0 N–H and O–H groups in total. The highest BCUT2D eigenvalue weighted by Gasteiger charge is 2.22. The van der Waals surface area contributed by atoms with Crippen molar-refractivity contribution in [1.29, 1.82) is 0 Å². The summed E-state index contributed by atoms with van der Waals surface area (Å²) in [7, 11) is -1.34. The summed E-state index contributed by atoms with van der Waals surface area (Å²) in [4.78, 5) is 13.1. The molecule has 0 spiro atoms. The minimum absolute atomic E-state index is 0.0981. The fourth-order valence-electron chi connectivity index (χ4n) is 1.99. The van der Waals surface area contributed by atoms with E-state index >= 15 is 0 Å². The largest absolute Gasteiger partial charge is 0.293 e. The average Bonchev–Trinajstić information content (AvgIpc) is 2.48. The van der Waals surface area contributed by atoms with E-state index < -0.39 is 16.0 Å². The molecule has 110 valence electrons. The van der Waals surface area contributed by atoms with Gasteiger partial charge in [-0.05, 0) is 56.2 Å². The summed E-state index contributed by atoms with van der Waals surface area (Å²) in [5.74, 6) is -0.0981. The zero-order valence-electron chi connectivity index (χ0n) is 12.2. The van der Waals surface area contributed by atoms with Crippen LogP contribution in [0.2, 0.25) is 0 Å². The monoisotopic (exact) mass is 364 g/mol. The summed E-state index contributed by atoms with van der Waals surface area (Å²) in [6, 6.07) is 12.8. The molecule has 0 aliphatic carbocycles. The summed E-state index contributed by atoms with van der Waals surface area (Å²) < 4.78 is 13.5. The van der Waals surface area contributed by atoms with E-state index in [1.165, 1.54) is 0 Å². The van der Waals surface area contributed by atoms with Crippen LogP contribution >= 0.6 is 15.9 Å². The van der Waals surface area contributed by atoms with Crippen molar-refractivity contribution in [3.63, 3.8) is 0 Å². The van der Waals surface area contributed by atoms with E-state index in [9.17, 15) is 9.00 Å². The number of carbonyl (C=O) groups is 1. The van der Waals surface area contributed by atoms with Crippen molar-refractivity contribution in [2.45, 2.75) is 30.9 Å². The molecular formula is C17H17BrO2S. The van der Waals surface area contributed by atoms with Gasteiger partial charge in [-0.25, -0.2) is 0 Å². The molecule has 2 aromatic rings. The lowest BCUT2D eigenvalue weighted by atomic mass is 10.1. The van der Waals surface area contributed by atoms with Crippen LogP contribution in [0.1, 0.15) is 28.4 Å². The molecule has 0 aliphatic rings. The van der Waals surface area contributed by atoms with Crippen LogP contribution in [0.4, 0.5) is 0 Å². The number of carbonyl (C=O) groups excluding carboxylic acids is 1. The molecule has 2 aromatic carbocycles. The number of ketones is 1. The summed E-state index contributed by atoms with van der Waals surface area (Å²) in [6.07, 6.45) is 0. The fourth-order valence-corrected chi connectivity index (χ4v) is 3.49. The van der Waals surface area contributed by atoms with Gasteiger partial charge in [0.25, 0.3) is 0 Å². The Bertz CT molecular complexity index is 692. The first-order valence-electron chi connectivity index (χ1n) is 6.68. The van der Waals surface area contributed by atoms with Crippen molar-refractivity contribution in [2.75, 3.05) is 0 Å². The first-order valence-corrected chi connectivity index (χ1v) is 8.68. The summed E-state index contributed by atoms with van der Waals surface area (Å²) in [5.41, 5.74) is 2.83. The SMILES string of the molecule is Cc1ccc(S(=O)C(C)C(=O)c2ccc(Br)cc2)cc1C. The smallest absolute Gasteiger partial charge is 0.178 e. The van der Waals surface area contributed by atoms with Gasteiger partial charge in [0.15, 0.2) is 5.78 Å². The molecule has 0 aromatic heterocycles. The van der Waals surface area contributed by atoms with Gasteiger partial charge in [0, 0.05) is 14.9 Å². The molecule has 0 bridgehead atoms. The number of halogens is 1. The number of hydrogen-bond donors (Lipinski definition) is 0. The molecule has 2 nitrogen and oxygen atoms in total. The molecule has 2 unspecified atom stereocenters. The first-order chi connectivity index (χ1) is 9.90. The normalized spacial score (nSPS) is 13.7. The zero-order valence-corrected chi connectivity index (χ0v) is 14.6. The second kappa shape index (κ2) is 6.67. The standard InChI is InChI=1S/C17H17BrO2S/c1-11-4-9-16(10-12(11)2)21(20)13(3)17(19)14-5-7-15(18)8-6-14/h4-10,13H,1-3H3. The minimum atomic E-state index is -1.34. The number of hydrogen-bond acceptors (Lipinski definition) is 2. The van der Waals surface area contributed by atoms with Crippen molar-refractivity contribution >= 4 is 32.5 Å². The van der Waals surface area contributed by atoms with Gasteiger partial charge in [0.1, 0.15) is 0 Å². The van der Waals surface area contributed by atoms with Crippen LogP contribution in [0.5, 0.6) is 0 Å². The van der Waals surface area contributed by atoms with Crippen LogP contribution in [-0.2, 0) is 10.8 Å². The second-order valence-electron chi connectivity index (χ2n) is 5.06. The van der Waals surface area contributed by atoms with Gasteiger partial charge in [0.05, 0.1) is 16.0 Å². The minimum Gasteiger partial charge on any atom is -0.293 e. The van der Waals surface area contributed by atoms with E-state index in [4.69, 9.17) is 0 Å². The van der Waals surface area contributed by atoms with Gasteiger partial charge in [-0.2, -0.15) is 0 Å². The molecule has 4 heteroatoms. The Balaban J connectivity index is 2.24. The lowest BCUT2D eigenvalue weighted by molar-refractivity contribution is 0.0992. The lowest BCUT2D eigenvalue weighted by Gasteiger charge is -2.12. The van der Waals surface area contributed by atoms with Crippen molar-refractivity contribution < 1.29 is 9.00 Å².